The summed E-state index contributed by atoms with van der Waals surface area (Å²) in [5.74, 6) is -0.289. The van der Waals surface area contributed by atoms with Crippen LogP contribution in [-0.2, 0) is 14.3 Å². The molecule has 3 heterocycles. The van der Waals surface area contributed by atoms with E-state index in [1.807, 2.05) is 36.6 Å². The van der Waals surface area contributed by atoms with Gasteiger partial charge in [0, 0.05) is 41.5 Å². The third kappa shape index (κ3) is 4.54. The molecule has 0 saturated carbocycles. The third-order valence-corrected chi connectivity index (χ3v) is 6.88. The van der Waals surface area contributed by atoms with E-state index in [1.54, 1.807) is 9.80 Å². The molecule has 2 amide bonds. The van der Waals surface area contributed by atoms with Gasteiger partial charge in [-0.1, -0.05) is 28.1 Å². The van der Waals surface area contributed by atoms with Crippen molar-refractivity contribution in [3.8, 4) is 11.3 Å². The number of thiazole rings is 1. The van der Waals surface area contributed by atoms with Gasteiger partial charge in [-0.3, -0.25) is 14.5 Å². The highest BCUT2D eigenvalue weighted by atomic mass is 79.9. The van der Waals surface area contributed by atoms with E-state index in [4.69, 9.17) is 9.72 Å². The maximum absolute atomic E-state index is 13.4. The van der Waals surface area contributed by atoms with E-state index in [-0.39, 0.29) is 30.3 Å². The molecule has 154 valence electrons. The molecule has 2 aromatic rings. The zero-order valence-corrected chi connectivity index (χ0v) is 18.7. The summed E-state index contributed by atoms with van der Waals surface area (Å²) < 4.78 is 6.80. The van der Waals surface area contributed by atoms with E-state index < -0.39 is 0 Å². The molecule has 4 rings (SSSR count). The lowest BCUT2D eigenvalue weighted by Gasteiger charge is -2.25. The number of benzene rings is 1. The summed E-state index contributed by atoms with van der Waals surface area (Å²) in [6, 6.07) is 7.97. The highest BCUT2D eigenvalue weighted by Crippen LogP contribution is 2.31. The normalized spacial score (nSPS) is 21.7. The maximum Gasteiger partial charge on any atom is 0.234 e. The van der Waals surface area contributed by atoms with Crippen LogP contribution in [0.5, 0.6) is 0 Å². The van der Waals surface area contributed by atoms with Crippen molar-refractivity contribution in [3.05, 3.63) is 34.1 Å². The summed E-state index contributed by atoms with van der Waals surface area (Å²) in [7, 11) is 0. The highest BCUT2D eigenvalue weighted by Gasteiger charge is 2.38. The van der Waals surface area contributed by atoms with Gasteiger partial charge in [-0.2, -0.15) is 0 Å². The summed E-state index contributed by atoms with van der Waals surface area (Å²) in [5, 5.41) is 2.65. The minimum atomic E-state index is -0.316. The Labute approximate surface area is 183 Å². The maximum atomic E-state index is 13.4. The Kier molecular flexibility index (Phi) is 6.32. The number of hydrogen-bond acceptors (Lipinski definition) is 5. The molecule has 29 heavy (non-hydrogen) atoms. The lowest BCUT2D eigenvalue weighted by Crippen LogP contribution is -2.42. The van der Waals surface area contributed by atoms with Gasteiger partial charge >= 0.3 is 0 Å². The number of rotatable bonds is 6. The Balaban J connectivity index is 1.58. The number of carbonyl (C=O) groups excluding carboxylic acids is 2. The molecule has 8 heteroatoms. The second kappa shape index (κ2) is 8.93. The number of aromatic nitrogens is 1. The van der Waals surface area contributed by atoms with Crippen molar-refractivity contribution in [2.45, 2.75) is 32.3 Å². The Morgan fingerprint density at radius 2 is 2.17 bits per heavy atom. The summed E-state index contributed by atoms with van der Waals surface area (Å²) in [4.78, 5) is 33.8. The van der Waals surface area contributed by atoms with E-state index in [9.17, 15) is 9.59 Å². The monoisotopic (exact) mass is 477 g/mol. The van der Waals surface area contributed by atoms with Crippen LogP contribution in [0.3, 0.4) is 0 Å². The van der Waals surface area contributed by atoms with Crippen LogP contribution < -0.4 is 4.90 Å². The molecule has 0 N–H and O–H groups in total. The van der Waals surface area contributed by atoms with Crippen LogP contribution in [-0.4, -0.2) is 54.0 Å². The minimum Gasteiger partial charge on any atom is -0.376 e. The molecular formula is C21H24BrN3O3S. The van der Waals surface area contributed by atoms with Gasteiger partial charge in [0.2, 0.25) is 11.8 Å². The third-order valence-electron chi connectivity index (χ3n) is 5.48. The molecule has 2 aliphatic heterocycles. The smallest absolute Gasteiger partial charge is 0.234 e. The van der Waals surface area contributed by atoms with Crippen molar-refractivity contribution in [1.82, 2.24) is 9.88 Å². The first-order chi connectivity index (χ1) is 14.0. The molecule has 1 aromatic carbocycles. The van der Waals surface area contributed by atoms with Gasteiger partial charge in [-0.25, -0.2) is 4.98 Å². The van der Waals surface area contributed by atoms with Crippen LogP contribution in [0.15, 0.2) is 34.1 Å². The van der Waals surface area contributed by atoms with Crippen LogP contribution in [0.25, 0.3) is 11.3 Å². The molecule has 0 aliphatic carbocycles. The minimum absolute atomic E-state index is 0.0263. The van der Waals surface area contributed by atoms with Crippen molar-refractivity contribution in [2.75, 3.05) is 31.1 Å². The molecule has 1 aromatic heterocycles. The van der Waals surface area contributed by atoms with Gasteiger partial charge in [0.15, 0.2) is 5.13 Å². The molecule has 2 aliphatic rings. The first-order valence-electron chi connectivity index (χ1n) is 9.97. The molecule has 2 unspecified atom stereocenters. The fraction of sp³-hybridized carbons (Fsp3) is 0.476. The fourth-order valence-corrected chi connectivity index (χ4v) is 4.97. The van der Waals surface area contributed by atoms with E-state index in [0.29, 0.717) is 24.8 Å². The first kappa shape index (κ1) is 20.5. The average Bonchev–Trinajstić information content (AvgIpc) is 3.47. The molecule has 6 nitrogen and oxygen atoms in total. The second-order valence-corrected chi connectivity index (χ2v) is 9.19. The van der Waals surface area contributed by atoms with Gasteiger partial charge in [0.1, 0.15) is 0 Å². The number of carbonyl (C=O) groups is 2. The summed E-state index contributed by atoms with van der Waals surface area (Å²) in [6.45, 7) is 4.30. The second-order valence-electron chi connectivity index (χ2n) is 7.44. The summed E-state index contributed by atoms with van der Waals surface area (Å²) >= 11 is 4.91. The molecular weight excluding hydrogens is 454 g/mol. The van der Waals surface area contributed by atoms with E-state index in [0.717, 1.165) is 35.2 Å². The van der Waals surface area contributed by atoms with E-state index in [2.05, 4.69) is 15.9 Å². The van der Waals surface area contributed by atoms with Gasteiger partial charge in [-0.05, 0) is 31.9 Å². The van der Waals surface area contributed by atoms with E-state index >= 15 is 0 Å². The SMILES string of the molecule is CCN1CC(C(=O)N(CC2CCCO2)c2nc(-c3ccc(Br)cc3)cs2)CC1=O. The van der Waals surface area contributed by atoms with Crippen LogP contribution in [0.1, 0.15) is 26.2 Å². The van der Waals surface area contributed by atoms with Crippen LogP contribution >= 0.6 is 27.3 Å². The van der Waals surface area contributed by atoms with Crippen molar-refractivity contribution in [1.29, 1.82) is 0 Å². The van der Waals surface area contributed by atoms with Crippen molar-refractivity contribution in [3.63, 3.8) is 0 Å². The lowest BCUT2D eigenvalue weighted by molar-refractivity contribution is -0.128. The number of ether oxygens (including phenoxy) is 1. The Bertz CT molecular complexity index is 880. The molecule has 0 bridgehead atoms. The topological polar surface area (TPSA) is 62.7 Å². The predicted octanol–water partition coefficient (Wildman–Crippen LogP) is 3.95. The van der Waals surface area contributed by atoms with Crippen LogP contribution in [0, 0.1) is 5.92 Å². The largest absolute Gasteiger partial charge is 0.376 e. The summed E-state index contributed by atoms with van der Waals surface area (Å²) in [6.07, 6.45) is 2.26. The number of halogens is 1. The Hall–Kier alpha value is -1.77. The predicted molar refractivity (Wildman–Crippen MR) is 117 cm³/mol. The van der Waals surface area contributed by atoms with Crippen LogP contribution in [0.2, 0.25) is 0 Å². The Morgan fingerprint density at radius 1 is 1.38 bits per heavy atom. The van der Waals surface area contributed by atoms with E-state index in [1.165, 1.54) is 11.3 Å². The zero-order valence-electron chi connectivity index (χ0n) is 16.3. The van der Waals surface area contributed by atoms with Gasteiger partial charge in [0.05, 0.1) is 24.3 Å². The number of nitrogens with zero attached hydrogens (tertiary/aromatic N) is 3. The molecule has 0 radical (unpaired) electrons. The molecule has 2 fully saturated rings. The molecule has 0 spiro atoms. The quantitative estimate of drug-likeness (QED) is 0.631. The standard InChI is InChI=1S/C21H24BrN3O3S/c1-2-24-11-15(10-19(24)26)20(27)25(12-17-4-3-9-28-17)21-23-18(13-29-21)14-5-7-16(22)8-6-14/h5-8,13,15,17H,2-4,9-12H2,1H3. The molecule has 2 atom stereocenters. The van der Waals surface area contributed by atoms with Crippen molar-refractivity contribution in [2.24, 2.45) is 5.92 Å². The number of likely N-dealkylation sites (tertiary alicyclic amines) is 1. The summed E-state index contributed by atoms with van der Waals surface area (Å²) in [5.41, 5.74) is 1.86. The number of hydrogen-bond donors (Lipinski definition) is 0. The zero-order chi connectivity index (χ0) is 20.4. The van der Waals surface area contributed by atoms with Crippen molar-refractivity contribution >= 4 is 44.2 Å². The number of anilines is 1. The van der Waals surface area contributed by atoms with Crippen molar-refractivity contribution < 1.29 is 14.3 Å². The lowest BCUT2D eigenvalue weighted by atomic mass is 10.1. The van der Waals surface area contributed by atoms with Crippen LogP contribution in [0.4, 0.5) is 5.13 Å². The molecule has 2 saturated heterocycles. The number of amides is 2. The highest BCUT2D eigenvalue weighted by molar-refractivity contribution is 9.10. The fourth-order valence-electron chi connectivity index (χ4n) is 3.86. The van der Waals surface area contributed by atoms with Gasteiger partial charge < -0.3 is 9.64 Å². The average molecular weight is 478 g/mol. The first-order valence-corrected chi connectivity index (χ1v) is 11.6. The van der Waals surface area contributed by atoms with Gasteiger partial charge in [-0.15, -0.1) is 11.3 Å². The Morgan fingerprint density at radius 3 is 2.83 bits per heavy atom. The van der Waals surface area contributed by atoms with Gasteiger partial charge in [0.25, 0.3) is 0 Å².